The van der Waals surface area contributed by atoms with Crippen molar-refractivity contribution >= 4 is 5.91 Å². The number of rotatable bonds is 7. The van der Waals surface area contributed by atoms with Crippen LogP contribution >= 0.6 is 0 Å². The van der Waals surface area contributed by atoms with E-state index in [1.807, 2.05) is 0 Å². The van der Waals surface area contributed by atoms with Crippen molar-refractivity contribution in [2.24, 2.45) is 0 Å². The highest BCUT2D eigenvalue weighted by Crippen LogP contribution is 2.19. The van der Waals surface area contributed by atoms with Gasteiger partial charge in [0.15, 0.2) is 0 Å². The van der Waals surface area contributed by atoms with Crippen molar-refractivity contribution in [3.05, 3.63) is 0 Å². The minimum Gasteiger partial charge on any atom is -0.376 e. The molecular formula is C15H28N2O3. The van der Waals surface area contributed by atoms with Crippen LogP contribution < -0.4 is 10.6 Å². The number of hydrogen-bond acceptors (Lipinski definition) is 4. The fraction of sp³-hybridized carbons (Fsp3) is 0.933. The molecule has 0 aromatic rings. The van der Waals surface area contributed by atoms with Crippen LogP contribution in [-0.4, -0.2) is 51.0 Å². The van der Waals surface area contributed by atoms with E-state index in [-0.39, 0.29) is 18.6 Å². The van der Waals surface area contributed by atoms with Crippen molar-refractivity contribution in [2.75, 3.05) is 32.8 Å². The molecule has 116 valence electrons. The van der Waals surface area contributed by atoms with Crippen molar-refractivity contribution in [3.63, 3.8) is 0 Å². The number of carbonyl (C=O) groups is 1. The predicted octanol–water partition coefficient (Wildman–Crippen LogP) is 1.22. The summed E-state index contributed by atoms with van der Waals surface area (Å²) in [6, 6.07) is 0. The van der Waals surface area contributed by atoms with Crippen LogP contribution in [0.25, 0.3) is 0 Å². The lowest BCUT2D eigenvalue weighted by atomic mass is 9.98. The van der Waals surface area contributed by atoms with Gasteiger partial charge in [0.1, 0.15) is 6.61 Å². The number of amides is 1. The van der Waals surface area contributed by atoms with Crippen LogP contribution in [0.4, 0.5) is 0 Å². The van der Waals surface area contributed by atoms with Gasteiger partial charge in [0.2, 0.25) is 5.91 Å². The van der Waals surface area contributed by atoms with Crippen LogP contribution in [-0.2, 0) is 14.3 Å². The zero-order chi connectivity index (χ0) is 14.0. The fourth-order valence-corrected chi connectivity index (χ4v) is 2.85. The Morgan fingerprint density at radius 3 is 2.45 bits per heavy atom. The average Bonchev–Trinajstić information content (AvgIpc) is 2.52. The maximum Gasteiger partial charge on any atom is 0.246 e. The third-order valence-electron chi connectivity index (χ3n) is 4.07. The Morgan fingerprint density at radius 1 is 1.00 bits per heavy atom. The number of piperidine rings is 1. The van der Waals surface area contributed by atoms with Gasteiger partial charge in [-0.25, -0.2) is 0 Å². The van der Waals surface area contributed by atoms with E-state index < -0.39 is 0 Å². The lowest BCUT2D eigenvalue weighted by Gasteiger charge is -2.23. The van der Waals surface area contributed by atoms with E-state index in [0.717, 1.165) is 25.9 Å². The van der Waals surface area contributed by atoms with Crippen molar-refractivity contribution < 1.29 is 14.3 Å². The first kappa shape index (κ1) is 15.7. The molecule has 20 heavy (non-hydrogen) atoms. The zero-order valence-corrected chi connectivity index (χ0v) is 12.4. The minimum absolute atomic E-state index is 0.0317. The minimum atomic E-state index is -0.0317. The Kier molecular flexibility index (Phi) is 7.33. The molecule has 1 heterocycles. The Bertz CT molecular complexity index is 274. The van der Waals surface area contributed by atoms with Crippen LogP contribution in [0.1, 0.15) is 44.9 Å². The van der Waals surface area contributed by atoms with Gasteiger partial charge in [0.05, 0.1) is 18.8 Å². The van der Waals surface area contributed by atoms with Crippen LogP contribution in [0.15, 0.2) is 0 Å². The fourth-order valence-electron chi connectivity index (χ4n) is 2.85. The molecule has 1 saturated carbocycles. The summed E-state index contributed by atoms with van der Waals surface area (Å²) < 4.78 is 11.4. The van der Waals surface area contributed by atoms with Gasteiger partial charge in [0, 0.05) is 6.54 Å². The van der Waals surface area contributed by atoms with E-state index in [0.29, 0.717) is 19.3 Å². The topological polar surface area (TPSA) is 59.6 Å². The smallest absolute Gasteiger partial charge is 0.246 e. The third-order valence-corrected chi connectivity index (χ3v) is 4.07. The van der Waals surface area contributed by atoms with Gasteiger partial charge in [-0.2, -0.15) is 0 Å². The molecular weight excluding hydrogens is 256 g/mol. The third kappa shape index (κ3) is 6.20. The van der Waals surface area contributed by atoms with E-state index in [2.05, 4.69) is 10.6 Å². The first-order valence-corrected chi connectivity index (χ1v) is 8.05. The van der Waals surface area contributed by atoms with Gasteiger partial charge in [-0.3, -0.25) is 4.79 Å². The average molecular weight is 284 g/mol. The maximum absolute atomic E-state index is 11.6. The number of ether oxygens (including phenoxy) is 2. The van der Waals surface area contributed by atoms with Gasteiger partial charge in [-0.05, 0) is 38.8 Å². The molecule has 2 fully saturated rings. The summed E-state index contributed by atoms with van der Waals surface area (Å²) >= 11 is 0. The number of hydrogen-bond donors (Lipinski definition) is 2. The Morgan fingerprint density at radius 2 is 1.70 bits per heavy atom. The standard InChI is InChI=1S/C15H28N2O3/c18-15(12-20-14-6-8-16-9-7-14)17-10-11-19-13-4-2-1-3-5-13/h13-14,16H,1-12H2,(H,17,18). The predicted molar refractivity (Wildman–Crippen MR) is 77.7 cm³/mol. The largest absolute Gasteiger partial charge is 0.376 e. The number of carbonyl (C=O) groups excluding carboxylic acids is 1. The molecule has 2 aliphatic rings. The summed E-state index contributed by atoms with van der Waals surface area (Å²) in [6.07, 6.45) is 8.88. The molecule has 2 rings (SSSR count). The van der Waals surface area contributed by atoms with Crippen molar-refractivity contribution in [2.45, 2.75) is 57.2 Å². The van der Waals surface area contributed by atoms with Gasteiger partial charge >= 0.3 is 0 Å². The first-order chi connectivity index (χ1) is 9.84. The SMILES string of the molecule is O=C(COC1CCNCC1)NCCOC1CCCCC1. The van der Waals surface area contributed by atoms with E-state index in [1.54, 1.807) is 0 Å². The molecule has 0 unspecified atom stereocenters. The monoisotopic (exact) mass is 284 g/mol. The molecule has 0 atom stereocenters. The maximum atomic E-state index is 11.6. The summed E-state index contributed by atoms with van der Waals surface area (Å²) in [5.41, 5.74) is 0. The molecule has 0 bridgehead atoms. The van der Waals surface area contributed by atoms with E-state index in [1.165, 1.54) is 32.1 Å². The molecule has 1 saturated heterocycles. The highest BCUT2D eigenvalue weighted by atomic mass is 16.5. The summed E-state index contributed by atoms with van der Waals surface area (Å²) in [5.74, 6) is -0.0317. The molecule has 1 aliphatic heterocycles. The van der Waals surface area contributed by atoms with Crippen molar-refractivity contribution in [1.82, 2.24) is 10.6 Å². The van der Waals surface area contributed by atoms with Crippen LogP contribution in [0.3, 0.4) is 0 Å². The van der Waals surface area contributed by atoms with Crippen molar-refractivity contribution in [3.8, 4) is 0 Å². The molecule has 0 spiro atoms. The highest BCUT2D eigenvalue weighted by molar-refractivity contribution is 5.77. The Balaban J connectivity index is 1.45. The molecule has 0 aromatic heterocycles. The van der Waals surface area contributed by atoms with E-state index >= 15 is 0 Å². The van der Waals surface area contributed by atoms with Crippen LogP contribution in [0.2, 0.25) is 0 Å². The van der Waals surface area contributed by atoms with E-state index in [9.17, 15) is 4.79 Å². The lowest BCUT2D eigenvalue weighted by molar-refractivity contribution is -0.128. The van der Waals surface area contributed by atoms with E-state index in [4.69, 9.17) is 9.47 Å². The highest BCUT2D eigenvalue weighted by Gasteiger charge is 2.15. The van der Waals surface area contributed by atoms with Gasteiger partial charge < -0.3 is 20.1 Å². The second-order valence-corrected chi connectivity index (χ2v) is 5.74. The lowest BCUT2D eigenvalue weighted by Crippen LogP contribution is -2.36. The van der Waals surface area contributed by atoms with Gasteiger partial charge in [-0.1, -0.05) is 19.3 Å². The number of nitrogens with one attached hydrogen (secondary N) is 2. The second kappa shape index (κ2) is 9.32. The molecule has 0 aromatic carbocycles. The second-order valence-electron chi connectivity index (χ2n) is 5.74. The molecule has 5 heteroatoms. The molecule has 1 amide bonds. The molecule has 0 radical (unpaired) electrons. The zero-order valence-electron chi connectivity index (χ0n) is 12.4. The summed E-state index contributed by atoms with van der Waals surface area (Å²) in [5, 5.41) is 6.14. The Labute approximate surface area is 121 Å². The quantitative estimate of drug-likeness (QED) is 0.690. The Hall–Kier alpha value is -0.650. The summed E-state index contributed by atoms with van der Waals surface area (Å²) in [7, 11) is 0. The van der Waals surface area contributed by atoms with Gasteiger partial charge in [0.25, 0.3) is 0 Å². The summed E-state index contributed by atoms with van der Waals surface area (Å²) in [4.78, 5) is 11.6. The summed E-state index contributed by atoms with van der Waals surface area (Å²) in [6.45, 7) is 3.35. The molecule has 5 nitrogen and oxygen atoms in total. The van der Waals surface area contributed by atoms with Crippen molar-refractivity contribution in [1.29, 1.82) is 0 Å². The molecule has 2 N–H and O–H groups in total. The van der Waals surface area contributed by atoms with Gasteiger partial charge in [-0.15, -0.1) is 0 Å². The van der Waals surface area contributed by atoms with Crippen LogP contribution in [0.5, 0.6) is 0 Å². The normalized spacial score (nSPS) is 21.8. The molecule has 1 aliphatic carbocycles. The first-order valence-electron chi connectivity index (χ1n) is 8.05. The van der Waals surface area contributed by atoms with Crippen LogP contribution in [0, 0.1) is 0 Å².